The molecule has 0 spiro atoms. The van der Waals surface area contributed by atoms with Crippen LogP contribution in [0.4, 0.5) is 5.82 Å². The van der Waals surface area contributed by atoms with E-state index in [0.717, 1.165) is 18.4 Å². The molecular formula is C11H17N3. The molecule has 2 atom stereocenters. The highest BCUT2D eigenvalue weighted by Gasteiger charge is 2.23. The third-order valence-corrected chi connectivity index (χ3v) is 3.08. The van der Waals surface area contributed by atoms with Crippen LogP contribution < -0.4 is 11.5 Å². The zero-order valence-electron chi connectivity index (χ0n) is 8.53. The van der Waals surface area contributed by atoms with Gasteiger partial charge in [-0.1, -0.05) is 6.07 Å². The second-order valence-electron chi connectivity index (χ2n) is 4.24. The predicted molar refractivity (Wildman–Crippen MR) is 58.0 cm³/mol. The van der Waals surface area contributed by atoms with Crippen LogP contribution >= 0.6 is 0 Å². The van der Waals surface area contributed by atoms with Crippen molar-refractivity contribution in [3.05, 3.63) is 23.4 Å². The lowest BCUT2D eigenvalue weighted by Gasteiger charge is -2.10. The molecule has 1 aliphatic carbocycles. The second-order valence-corrected chi connectivity index (χ2v) is 4.24. The lowest BCUT2D eigenvalue weighted by atomic mass is 9.98. The van der Waals surface area contributed by atoms with E-state index in [1.165, 1.54) is 12.0 Å². The first kappa shape index (κ1) is 9.46. The Bertz CT molecular complexity index is 335. The van der Waals surface area contributed by atoms with E-state index in [1.54, 1.807) is 0 Å². The number of aromatic nitrogens is 1. The highest BCUT2D eigenvalue weighted by atomic mass is 14.8. The number of nitrogens with zero attached hydrogens (tertiary/aromatic N) is 1. The minimum absolute atomic E-state index is 0.373. The third kappa shape index (κ3) is 1.73. The fourth-order valence-electron chi connectivity index (χ4n) is 2.15. The summed E-state index contributed by atoms with van der Waals surface area (Å²) in [6.07, 6.45) is 5.30. The number of rotatable bonds is 1. The van der Waals surface area contributed by atoms with E-state index >= 15 is 0 Å². The van der Waals surface area contributed by atoms with Crippen molar-refractivity contribution < 1.29 is 0 Å². The molecule has 1 aromatic rings. The van der Waals surface area contributed by atoms with Crippen molar-refractivity contribution in [2.24, 2.45) is 5.73 Å². The van der Waals surface area contributed by atoms with Crippen LogP contribution in [0, 0.1) is 6.92 Å². The Kier molecular flexibility index (Phi) is 2.42. The summed E-state index contributed by atoms with van der Waals surface area (Å²) in [6.45, 7) is 2.00. The first-order chi connectivity index (χ1) is 6.66. The Morgan fingerprint density at radius 3 is 2.79 bits per heavy atom. The van der Waals surface area contributed by atoms with Crippen molar-refractivity contribution in [2.45, 2.75) is 38.1 Å². The minimum atomic E-state index is 0.373. The molecule has 2 rings (SSSR count). The van der Waals surface area contributed by atoms with Gasteiger partial charge in [0.2, 0.25) is 0 Å². The molecule has 1 saturated carbocycles. The molecule has 3 nitrogen and oxygen atoms in total. The van der Waals surface area contributed by atoms with Gasteiger partial charge in [-0.05, 0) is 43.2 Å². The third-order valence-electron chi connectivity index (χ3n) is 3.08. The van der Waals surface area contributed by atoms with Crippen LogP contribution in [-0.4, -0.2) is 11.0 Å². The molecule has 0 amide bonds. The van der Waals surface area contributed by atoms with Gasteiger partial charge in [-0.15, -0.1) is 0 Å². The van der Waals surface area contributed by atoms with Crippen LogP contribution in [0.25, 0.3) is 0 Å². The monoisotopic (exact) mass is 191 g/mol. The Morgan fingerprint density at radius 1 is 1.43 bits per heavy atom. The molecule has 1 heterocycles. The molecular weight excluding hydrogens is 174 g/mol. The molecule has 0 saturated heterocycles. The van der Waals surface area contributed by atoms with E-state index in [0.29, 0.717) is 17.8 Å². The van der Waals surface area contributed by atoms with E-state index in [-0.39, 0.29) is 0 Å². The summed E-state index contributed by atoms with van der Waals surface area (Å²) in [5, 5.41) is 0. The lowest BCUT2D eigenvalue weighted by molar-refractivity contribution is 0.673. The van der Waals surface area contributed by atoms with Crippen LogP contribution in [0.3, 0.4) is 0 Å². The van der Waals surface area contributed by atoms with Gasteiger partial charge in [0.1, 0.15) is 5.82 Å². The van der Waals surface area contributed by atoms with Crippen LogP contribution in [-0.2, 0) is 0 Å². The van der Waals surface area contributed by atoms with Gasteiger partial charge in [0.15, 0.2) is 0 Å². The highest BCUT2D eigenvalue weighted by molar-refractivity contribution is 5.40. The number of nitrogen functional groups attached to an aromatic ring is 1. The van der Waals surface area contributed by atoms with E-state index in [2.05, 4.69) is 11.1 Å². The zero-order chi connectivity index (χ0) is 10.1. The molecule has 3 heteroatoms. The fourth-order valence-corrected chi connectivity index (χ4v) is 2.15. The summed E-state index contributed by atoms with van der Waals surface area (Å²) in [5.41, 5.74) is 13.9. The van der Waals surface area contributed by atoms with Gasteiger partial charge in [0, 0.05) is 12.2 Å². The summed E-state index contributed by atoms with van der Waals surface area (Å²) in [4.78, 5) is 4.19. The standard InChI is InChI=1S/C11H17N3/c1-7-4-9(6-14-11(7)13)8-2-3-10(12)5-8/h4,6,8,10H,2-3,5,12H2,1H3,(H2,13,14). The highest BCUT2D eigenvalue weighted by Crippen LogP contribution is 2.33. The van der Waals surface area contributed by atoms with Gasteiger partial charge in [-0.25, -0.2) is 4.98 Å². The number of nitrogens with two attached hydrogens (primary N) is 2. The summed E-state index contributed by atoms with van der Waals surface area (Å²) < 4.78 is 0. The van der Waals surface area contributed by atoms with Crippen LogP contribution in [0.2, 0.25) is 0 Å². The number of pyridine rings is 1. The van der Waals surface area contributed by atoms with Gasteiger partial charge in [-0.3, -0.25) is 0 Å². The lowest BCUT2D eigenvalue weighted by Crippen LogP contribution is -2.14. The minimum Gasteiger partial charge on any atom is -0.383 e. The van der Waals surface area contributed by atoms with Crippen molar-refractivity contribution in [3.8, 4) is 0 Å². The molecule has 0 aromatic carbocycles. The van der Waals surface area contributed by atoms with E-state index in [4.69, 9.17) is 11.5 Å². The maximum absolute atomic E-state index is 5.89. The maximum atomic E-state index is 5.89. The molecule has 1 aliphatic rings. The van der Waals surface area contributed by atoms with E-state index in [1.807, 2.05) is 13.1 Å². The van der Waals surface area contributed by atoms with Crippen molar-refractivity contribution in [2.75, 3.05) is 5.73 Å². The van der Waals surface area contributed by atoms with Gasteiger partial charge in [0.05, 0.1) is 0 Å². The van der Waals surface area contributed by atoms with Crippen LogP contribution in [0.1, 0.15) is 36.3 Å². The number of aryl methyl sites for hydroxylation is 1. The van der Waals surface area contributed by atoms with Gasteiger partial charge >= 0.3 is 0 Å². The Hall–Kier alpha value is -1.09. The van der Waals surface area contributed by atoms with Crippen molar-refractivity contribution >= 4 is 5.82 Å². The smallest absolute Gasteiger partial charge is 0.126 e. The number of hydrogen-bond donors (Lipinski definition) is 2. The van der Waals surface area contributed by atoms with Crippen LogP contribution in [0.5, 0.6) is 0 Å². The maximum Gasteiger partial charge on any atom is 0.126 e. The molecule has 76 valence electrons. The van der Waals surface area contributed by atoms with Crippen LogP contribution in [0.15, 0.2) is 12.3 Å². The van der Waals surface area contributed by atoms with E-state index in [9.17, 15) is 0 Å². The normalized spacial score (nSPS) is 26.7. The van der Waals surface area contributed by atoms with Crippen molar-refractivity contribution in [1.82, 2.24) is 4.98 Å². The molecule has 1 fully saturated rings. The van der Waals surface area contributed by atoms with Crippen molar-refractivity contribution in [3.63, 3.8) is 0 Å². The molecule has 0 aliphatic heterocycles. The summed E-state index contributed by atoms with van der Waals surface area (Å²) in [6, 6.07) is 2.52. The summed E-state index contributed by atoms with van der Waals surface area (Å²) in [5.74, 6) is 1.23. The molecule has 0 radical (unpaired) electrons. The van der Waals surface area contributed by atoms with Crippen molar-refractivity contribution in [1.29, 1.82) is 0 Å². The number of hydrogen-bond acceptors (Lipinski definition) is 3. The zero-order valence-corrected chi connectivity index (χ0v) is 8.53. The Balaban J connectivity index is 2.20. The molecule has 0 bridgehead atoms. The summed E-state index contributed by atoms with van der Waals surface area (Å²) >= 11 is 0. The first-order valence-corrected chi connectivity index (χ1v) is 5.14. The average molecular weight is 191 g/mol. The molecule has 14 heavy (non-hydrogen) atoms. The quantitative estimate of drug-likeness (QED) is 0.708. The van der Waals surface area contributed by atoms with Gasteiger partial charge in [0.25, 0.3) is 0 Å². The molecule has 2 unspecified atom stereocenters. The topological polar surface area (TPSA) is 64.9 Å². The van der Waals surface area contributed by atoms with Gasteiger partial charge in [-0.2, -0.15) is 0 Å². The Morgan fingerprint density at radius 2 is 2.21 bits per heavy atom. The fraction of sp³-hybridized carbons (Fsp3) is 0.545. The molecule has 1 aromatic heterocycles. The largest absolute Gasteiger partial charge is 0.383 e. The van der Waals surface area contributed by atoms with E-state index < -0.39 is 0 Å². The number of anilines is 1. The Labute approximate surface area is 84.5 Å². The molecule has 4 N–H and O–H groups in total. The SMILES string of the molecule is Cc1cc(C2CCC(N)C2)cnc1N. The van der Waals surface area contributed by atoms with Gasteiger partial charge < -0.3 is 11.5 Å². The predicted octanol–water partition coefficient (Wildman–Crippen LogP) is 1.57. The second kappa shape index (κ2) is 3.58. The average Bonchev–Trinajstić information content (AvgIpc) is 2.57. The summed E-state index contributed by atoms with van der Waals surface area (Å²) in [7, 11) is 0. The first-order valence-electron chi connectivity index (χ1n) is 5.14.